The zero-order valence-corrected chi connectivity index (χ0v) is 16.5. The number of benzene rings is 2. The van der Waals surface area contributed by atoms with Gasteiger partial charge in [-0.1, -0.05) is 49.4 Å². The van der Waals surface area contributed by atoms with Gasteiger partial charge in [0.05, 0.1) is 0 Å². The molecule has 2 aromatic carbocycles. The highest BCUT2D eigenvalue weighted by Gasteiger charge is 2.29. The van der Waals surface area contributed by atoms with Crippen molar-refractivity contribution in [1.29, 1.82) is 0 Å². The lowest BCUT2D eigenvalue weighted by molar-refractivity contribution is -0.143. The van der Waals surface area contributed by atoms with Crippen molar-refractivity contribution < 1.29 is 18.7 Å². The highest BCUT2D eigenvalue weighted by Crippen LogP contribution is 2.17. The molecule has 5 nitrogen and oxygen atoms in total. The van der Waals surface area contributed by atoms with E-state index in [2.05, 4.69) is 5.32 Å². The van der Waals surface area contributed by atoms with Gasteiger partial charge in [0.25, 0.3) is 5.91 Å². The molecule has 2 aromatic rings. The van der Waals surface area contributed by atoms with Crippen LogP contribution in [0.3, 0.4) is 0 Å². The lowest BCUT2D eigenvalue weighted by Gasteiger charge is -2.31. The number of hydrogen-bond donors (Lipinski definition) is 1. The topological polar surface area (TPSA) is 58.6 Å². The summed E-state index contributed by atoms with van der Waals surface area (Å²) in [6.45, 7) is 5.52. The molecular formula is C22H27FN2O3. The third kappa shape index (κ3) is 6.08. The van der Waals surface area contributed by atoms with Crippen molar-refractivity contribution in [1.82, 2.24) is 10.2 Å². The van der Waals surface area contributed by atoms with Gasteiger partial charge >= 0.3 is 0 Å². The molecule has 28 heavy (non-hydrogen) atoms. The van der Waals surface area contributed by atoms with Gasteiger partial charge in [-0.2, -0.15) is 0 Å². The first-order valence-corrected chi connectivity index (χ1v) is 9.43. The lowest BCUT2D eigenvalue weighted by Crippen LogP contribution is -2.51. The molecule has 0 fully saturated rings. The summed E-state index contributed by atoms with van der Waals surface area (Å²) in [6.07, 6.45) is 0.455. The Morgan fingerprint density at radius 3 is 2.32 bits per heavy atom. The molecule has 0 heterocycles. The quantitative estimate of drug-likeness (QED) is 0.717. The number of carbonyl (C=O) groups excluding carboxylic acids is 2. The predicted octanol–water partition coefficient (Wildman–Crippen LogP) is 3.54. The van der Waals surface area contributed by atoms with E-state index in [9.17, 15) is 14.0 Å². The van der Waals surface area contributed by atoms with Gasteiger partial charge in [-0.25, -0.2) is 4.39 Å². The van der Waals surface area contributed by atoms with E-state index in [1.807, 2.05) is 51.1 Å². The number of hydrogen-bond acceptors (Lipinski definition) is 3. The number of rotatable bonds is 9. The summed E-state index contributed by atoms with van der Waals surface area (Å²) in [5.74, 6) is -1.12. The van der Waals surface area contributed by atoms with Crippen molar-refractivity contribution in [2.24, 2.45) is 0 Å². The first-order chi connectivity index (χ1) is 13.4. The average Bonchev–Trinajstić information content (AvgIpc) is 2.67. The van der Waals surface area contributed by atoms with Crippen LogP contribution in [0.4, 0.5) is 4.39 Å². The second kappa shape index (κ2) is 10.4. The standard InChI is InChI=1S/C22H27FN2O3/c1-4-19(22(27)24-16(2)3)25(14-17-10-6-5-7-11-17)21(26)15-28-20-13-9-8-12-18(20)23/h5-13,16,19H,4,14-15H2,1-3H3,(H,24,27)/t19-/m0/s1. The summed E-state index contributed by atoms with van der Waals surface area (Å²) >= 11 is 0. The largest absolute Gasteiger partial charge is 0.481 e. The fraction of sp³-hybridized carbons (Fsp3) is 0.364. The summed E-state index contributed by atoms with van der Waals surface area (Å²) in [7, 11) is 0. The summed E-state index contributed by atoms with van der Waals surface area (Å²) < 4.78 is 19.1. The van der Waals surface area contributed by atoms with E-state index in [-0.39, 0.29) is 36.8 Å². The van der Waals surface area contributed by atoms with Gasteiger partial charge in [-0.3, -0.25) is 9.59 Å². The van der Waals surface area contributed by atoms with Gasteiger partial charge in [0, 0.05) is 12.6 Å². The van der Waals surface area contributed by atoms with E-state index < -0.39 is 11.9 Å². The molecule has 0 aliphatic heterocycles. The Morgan fingerprint density at radius 1 is 1.07 bits per heavy atom. The molecule has 0 saturated heterocycles. The predicted molar refractivity (Wildman–Crippen MR) is 106 cm³/mol. The van der Waals surface area contributed by atoms with Gasteiger partial charge in [-0.05, 0) is 38.0 Å². The molecule has 0 radical (unpaired) electrons. The van der Waals surface area contributed by atoms with Crippen LogP contribution >= 0.6 is 0 Å². The first kappa shape index (κ1) is 21.4. The first-order valence-electron chi connectivity index (χ1n) is 9.43. The summed E-state index contributed by atoms with van der Waals surface area (Å²) in [5, 5.41) is 2.86. The SMILES string of the molecule is CC[C@@H](C(=O)NC(C)C)N(Cc1ccccc1)C(=O)COc1ccccc1F. The molecule has 0 unspecified atom stereocenters. The van der Waals surface area contributed by atoms with Gasteiger partial charge in [0.1, 0.15) is 6.04 Å². The van der Waals surface area contributed by atoms with E-state index in [0.29, 0.717) is 6.42 Å². The highest BCUT2D eigenvalue weighted by molar-refractivity contribution is 5.88. The summed E-state index contributed by atoms with van der Waals surface area (Å²) in [4.78, 5) is 27.1. The van der Waals surface area contributed by atoms with Crippen molar-refractivity contribution in [3.8, 4) is 5.75 Å². The maximum Gasteiger partial charge on any atom is 0.261 e. The molecule has 1 N–H and O–H groups in total. The van der Waals surface area contributed by atoms with Crippen molar-refractivity contribution in [3.63, 3.8) is 0 Å². The molecule has 0 saturated carbocycles. The highest BCUT2D eigenvalue weighted by atomic mass is 19.1. The Hall–Kier alpha value is -2.89. The Morgan fingerprint density at radius 2 is 1.71 bits per heavy atom. The third-order valence-corrected chi connectivity index (χ3v) is 4.20. The normalized spacial score (nSPS) is 11.8. The Balaban J connectivity index is 2.19. The number of para-hydroxylation sites is 1. The summed E-state index contributed by atoms with van der Waals surface area (Å²) in [6, 6.07) is 14.7. The minimum atomic E-state index is -0.640. The summed E-state index contributed by atoms with van der Waals surface area (Å²) in [5.41, 5.74) is 0.900. The molecule has 150 valence electrons. The van der Waals surface area contributed by atoms with Crippen LogP contribution in [0.25, 0.3) is 0 Å². The Kier molecular flexibility index (Phi) is 7.99. The number of carbonyl (C=O) groups is 2. The number of halogens is 1. The number of amides is 2. The van der Waals surface area contributed by atoms with Crippen LogP contribution in [-0.4, -0.2) is 35.4 Å². The monoisotopic (exact) mass is 386 g/mol. The van der Waals surface area contributed by atoms with Crippen molar-refractivity contribution >= 4 is 11.8 Å². The average molecular weight is 386 g/mol. The molecule has 0 spiro atoms. The van der Waals surface area contributed by atoms with E-state index in [0.717, 1.165) is 5.56 Å². The fourth-order valence-electron chi connectivity index (χ4n) is 2.86. The van der Waals surface area contributed by atoms with Crippen LogP contribution in [0.2, 0.25) is 0 Å². The number of nitrogens with one attached hydrogen (secondary N) is 1. The molecule has 0 aliphatic rings. The minimum absolute atomic E-state index is 0.00944. The lowest BCUT2D eigenvalue weighted by atomic mass is 10.1. The molecule has 1 atom stereocenters. The van der Waals surface area contributed by atoms with Crippen LogP contribution in [0, 0.1) is 5.82 Å². The van der Waals surface area contributed by atoms with E-state index in [4.69, 9.17) is 4.74 Å². The number of nitrogens with zero attached hydrogens (tertiary/aromatic N) is 1. The second-order valence-electron chi connectivity index (χ2n) is 6.81. The van der Waals surface area contributed by atoms with E-state index in [1.54, 1.807) is 12.1 Å². The van der Waals surface area contributed by atoms with Crippen LogP contribution in [0.15, 0.2) is 54.6 Å². The minimum Gasteiger partial charge on any atom is -0.481 e. The molecule has 0 aromatic heterocycles. The zero-order chi connectivity index (χ0) is 20.5. The van der Waals surface area contributed by atoms with Crippen LogP contribution in [0.5, 0.6) is 5.75 Å². The van der Waals surface area contributed by atoms with E-state index in [1.165, 1.54) is 17.0 Å². The van der Waals surface area contributed by atoms with Gasteiger partial charge < -0.3 is 15.0 Å². The number of ether oxygens (including phenoxy) is 1. The maximum absolute atomic E-state index is 13.8. The second-order valence-corrected chi connectivity index (χ2v) is 6.81. The maximum atomic E-state index is 13.8. The smallest absolute Gasteiger partial charge is 0.261 e. The molecule has 2 amide bonds. The van der Waals surface area contributed by atoms with Crippen molar-refractivity contribution in [3.05, 3.63) is 66.0 Å². The van der Waals surface area contributed by atoms with Gasteiger partial charge in [0.2, 0.25) is 5.91 Å². The molecule has 2 rings (SSSR count). The third-order valence-electron chi connectivity index (χ3n) is 4.20. The van der Waals surface area contributed by atoms with Crippen LogP contribution in [0.1, 0.15) is 32.8 Å². The molecule has 6 heteroatoms. The Labute approximate surface area is 165 Å². The van der Waals surface area contributed by atoms with Gasteiger partial charge in [-0.15, -0.1) is 0 Å². The zero-order valence-electron chi connectivity index (χ0n) is 16.5. The molecule has 0 bridgehead atoms. The van der Waals surface area contributed by atoms with Gasteiger partial charge in [0.15, 0.2) is 18.2 Å². The fourth-order valence-corrected chi connectivity index (χ4v) is 2.86. The molecule has 0 aliphatic carbocycles. The van der Waals surface area contributed by atoms with Crippen molar-refractivity contribution in [2.45, 2.75) is 45.8 Å². The molecular weight excluding hydrogens is 359 g/mol. The Bertz CT molecular complexity index is 780. The van der Waals surface area contributed by atoms with Crippen molar-refractivity contribution in [2.75, 3.05) is 6.61 Å². The van der Waals surface area contributed by atoms with E-state index >= 15 is 0 Å². The van der Waals surface area contributed by atoms with Crippen LogP contribution < -0.4 is 10.1 Å². The van der Waals surface area contributed by atoms with Crippen LogP contribution in [-0.2, 0) is 16.1 Å².